The minimum Gasteiger partial charge on any atom is -0.394 e. The van der Waals surface area contributed by atoms with Crippen molar-refractivity contribution in [2.75, 3.05) is 67.0 Å². The Balaban J connectivity index is 1.32. The number of hydroxylamine groups is 2. The Kier molecular flexibility index (Phi) is 14.3. The highest BCUT2D eigenvalue weighted by atomic mass is 32.2. The minimum absolute atomic E-state index is 0.0319. The average Bonchev–Trinajstić information content (AvgIpc) is 3.46. The van der Waals surface area contributed by atoms with Gasteiger partial charge in [0.05, 0.1) is 30.6 Å². The molecular weight excluding hydrogens is 711 g/mol. The van der Waals surface area contributed by atoms with Gasteiger partial charge in [-0.15, -0.1) is 0 Å². The lowest BCUT2D eigenvalue weighted by Gasteiger charge is -2.62. The molecule has 1 saturated heterocycles. The molecule has 0 aromatic carbocycles. The van der Waals surface area contributed by atoms with Gasteiger partial charge in [-0.3, -0.25) is 14.4 Å². The number of carbonyl (C=O) groups excluding carboxylic acids is 2. The first-order valence-electron chi connectivity index (χ1n) is 20.6. The van der Waals surface area contributed by atoms with Crippen molar-refractivity contribution >= 4 is 21.7 Å². The Bertz CT molecular complexity index is 1400. The number of carbonyl (C=O) groups is 2. The summed E-state index contributed by atoms with van der Waals surface area (Å²) >= 11 is 0. The normalized spacial score (nSPS) is 39.6. The third-order valence-corrected chi connectivity index (χ3v) is 15.6. The number of likely N-dealkylation sites (N-methyl/N-ethyl adjacent to an activating group) is 1. The first kappa shape index (κ1) is 43.7. The van der Waals surface area contributed by atoms with E-state index in [1.165, 1.54) is 12.7 Å². The van der Waals surface area contributed by atoms with Crippen molar-refractivity contribution in [3.63, 3.8) is 0 Å². The zero-order valence-corrected chi connectivity index (χ0v) is 35.6. The SMILES string of the molecule is COC1C(CN2O[C@@H](CO)[C@@H]([C@H](C)O)[C@H]2C(=O)N[C@H]2C[C@H]3C[C@@H]([C@@H]2C)C3(C)C)CCCC1C1CC(C(=O)N[C@H](CN(C)C)CS(C)(=O)=O)CC(N(C)C)C1. The molecule has 15 atom stereocenters. The van der Waals surface area contributed by atoms with Gasteiger partial charge in [0.15, 0.2) is 0 Å². The van der Waals surface area contributed by atoms with Gasteiger partial charge < -0.3 is 35.4 Å². The summed E-state index contributed by atoms with van der Waals surface area (Å²) < 4.78 is 30.8. The Labute approximate surface area is 325 Å². The van der Waals surface area contributed by atoms with Crippen molar-refractivity contribution in [2.45, 2.75) is 122 Å². The van der Waals surface area contributed by atoms with E-state index in [4.69, 9.17) is 9.57 Å². The van der Waals surface area contributed by atoms with Crippen LogP contribution in [0.15, 0.2) is 0 Å². The number of sulfone groups is 1. The molecule has 2 bridgehead atoms. The number of hydrogen-bond donors (Lipinski definition) is 4. The lowest BCUT2D eigenvalue weighted by Crippen LogP contribution is -2.62. The van der Waals surface area contributed by atoms with Crippen molar-refractivity contribution in [1.82, 2.24) is 25.5 Å². The molecule has 1 heterocycles. The topological polar surface area (TPSA) is 161 Å². The molecule has 6 aliphatic rings. The van der Waals surface area contributed by atoms with Crippen LogP contribution in [0.1, 0.15) is 79.1 Å². The molecule has 6 rings (SSSR count). The van der Waals surface area contributed by atoms with Gasteiger partial charge in [0.2, 0.25) is 11.8 Å². The van der Waals surface area contributed by atoms with E-state index in [0.717, 1.165) is 32.1 Å². The number of nitrogens with one attached hydrogen (secondary N) is 2. The first-order valence-corrected chi connectivity index (χ1v) is 22.7. The number of amides is 2. The molecule has 1 aliphatic heterocycles. The lowest BCUT2D eigenvalue weighted by molar-refractivity contribution is -0.193. The van der Waals surface area contributed by atoms with E-state index in [0.29, 0.717) is 49.1 Å². The van der Waals surface area contributed by atoms with Crippen molar-refractivity contribution in [3.8, 4) is 0 Å². The molecule has 6 unspecified atom stereocenters. The maximum absolute atomic E-state index is 14.3. The lowest BCUT2D eigenvalue weighted by atomic mass is 9.45. The molecule has 6 fully saturated rings. The van der Waals surface area contributed by atoms with Gasteiger partial charge in [0, 0.05) is 56.3 Å². The maximum atomic E-state index is 14.3. The minimum atomic E-state index is -3.30. The van der Waals surface area contributed by atoms with Crippen LogP contribution in [0, 0.1) is 52.8 Å². The van der Waals surface area contributed by atoms with Crippen LogP contribution in [0.5, 0.6) is 0 Å². The van der Waals surface area contributed by atoms with Crippen molar-refractivity contribution in [1.29, 1.82) is 0 Å². The molecule has 5 aliphatic carbocycles. The second kappa shape index (κ2) is 17.6. The highest BCUT2D eigenvalue weighted by Crippen LogP contribution is 2.61. The summed E-state index contributed by atoms with van der Waals surface area (Å²) in [7, 11) is 6.33. The Morgan fingerprint density at radius 2 is 1.76 bits per heavy atom. The summed E-state index contributed by atoms with van der Waals surface area (Å²) in [5.74, 6) is 0.735. The van der Waals surface area contributed by atoms with Gasteiger partial charge >= 0.3 is 0 Å². The van der Waals surface area contributed by atoms with Crippen LogP contribution in [0.2, 0.25) is 0 Å². The molecule has 2 amide bonds. The number of rotatable bonds is 15. The number of nitrogens with zero attached hydrogens (tertiary/aromatic N) is 3. The summed E-state index contributed by atoms with van der Waals surface area (Å²) in [4.78, 5) is 38.7. The number of aliphatic hydroxyl groups is 2. The molecule has 13 nitrogen and oxygen atoms in total. The van der Waals surface area contributed by atoms with Crippen LogP contribution in [0.4, 0.5) is 0 Å². The van der Waals surface area contributed by atoms with E-state index in [1.54, 1.807) is 19.1 Å². The first-order chi connectivity index (χ1) is 25.2. The van der Waals surface area contributed by atoms with Crippen LogP contribution < -0.4 is 10.6 Å². The largest absolute Gasteiger partial charge is 0.394 e. The second-order valence-electron chi connectivity index (χ2n) is 19.2. The molecule has 0 aromatic rings. The number of aliphatic hydroxyl groups excluding tert-OH is 2. The summed E-state index contributed by atoms with van der Waals surface area (Å²) in [6, 6.07) is -0.994. The molecular formula is C40H73N5O8S. The highest BCUT2D eigenvalue weighted by molar-refractivity contribution is 7.90. The van der Waals surface area contributed by atoms with E-state index >= 15 is 0 Å². The van der Waals surface area contributed by atoms with E-state index in [1.807, 2.05) is 19.0 Å². The van der Waals surface area contributed by atoms with E-state index < -0.39 is 40.0 Å². The smallest absolute Gasteiger partial charge is 0.240 e. The molecule has 0 aromatic heterocycles. The quantitative estimate of drug-likeness (QED) is 0.193. The highest BCUT2D eigenvalue weighted by Gasteiger charge is 2.58. The zero-order valence-electron chi connectivity index (χ0n) is 34.7. The van der Waals surface area contributed by atoms with Gasteiger partial charge in [-0.2, -0.15) is 5.06 Å². The molecule has 5 saturated carbocycles. The Hall–Kier alpha value is -1.39. The van der Waals surface area contributed by atoms with Crippen LogP contribution in [-0.4, -0.2) is 155 Å². The fraction of sp³-hybridized carbons (Fsp3) is 0.950. The summed E-state index contributed by atoms with van der Waals surface area (Å²) in [5, 5.41) is 29.6. The zero-order chi connectivity index (χ0) is 39.9. The van der Waals surface area contributed by atoms with Gasteiger partial charge in [-0.25, -0.2) is 8.42 Å². The number of methoxy groups -OCH3 is 1. The molecule has 4 N–H and O–H groups in total. The molecule has 0 radical (unpaired) electrons. The number of ether oxygens (including phenoxy) is 1. The number of fused-ring (bicyclic) bond motifs is 2. The van der Waals surface area contributed by atoms with Crippen LogP contribution >= 0.6 is 0 Å². The van der Waals surface area contributed by atoms with Crippen LogP contribution in [0.25, 0.3) is 0 Å². The average molecular weight is 784 g/mol. The second-order valence-corrected chi connectivity index (χ2v) is 21.3. The fourth-order valence-corrected chi connectivity index (χ4v) is 12.6. The number of hydrogen-bond acceptors (Lipinski definition) is 11. The van der Waals surface area contributed by atoms with Crippen LogP contribution in [-0.2, 0) is 29.0 Å². The van der Waals surface area contributed by atoms with Gasteiger partial charge in [-0.1, -0.05) is 27.2 Å². The molecule has 14 heteroatoms. The monoisotopic (exact) mass is 784 g/mol. The van der Waals surface area contributed by atoms with Gasteiger partial charge in [0.25, 0.3) is 0 Å². The summed E-state index contributed by atoms with van der Waals surface area (Å²) in [6.07, 6.45) is 6.82. The van der Waals surface area contributed by atoms with Crippen molar-refractivity contribution in [3.05, 3.63) is 0 Å². The Morgan fingerprint density at radius 3 is 2.31 bits per heavy atom. The van der Waals surface area contributed by atoms with E-state index in [-0.39, 0.29) is 66.0 Å². The van der Waals surface area contributed by atoms with Gasteiger partial charge in [-0.05, 0) is 115 Å². The van der Waals surface area contributed by atoms with Crippen molar-refractivity contribution < 1.29 is 37.8 Å². The van der Waals surface area contributed by atoms with E-state index in [9.17, 15) is 28.2 Å². The predicted molar refractivity (Wildman–Crippen MR) is 209 cm³/mol. The fourth-order valence-electron chi connectivity index (χ4n) is 11.7. The molecule has 0 spiro atoms. The maximum Gasteiger partial charge on any atom is 0.240 e. The van der Waals surface area contributed by atoms with E-state index in [2.05, 4.69) is 50.4 Å². The summed E-state index contributed by atoms with van der Waals surface area (Å²) in [5.41, 5.74) is 0.293. The summed E-state index contributed by atoms with van der Waals surface area (Å²) in [6.45, 7) is 9.18. The third-order valence-electron chi connectivity index (χ3n) is 14.6. The molecule has 312 valence electrons. The molecule has 54 heavy (non-hydrogen) atoms. The Morgan fingerprint density at radius 1 is 1.06 bits per heavy atom. The standard InChI is InChI=1S/C40H73N5O8S/c1-23-32-17-28(40(32,3)4)18-33(23)42-39(49)36-35(24(2)47)34(21-46)53-45(36)19-25-12-11-13-31(37(25)52-9)26-14-27(16-30(15-26)44(7)8)38(48)41-29(20-43(5)6)22-54(10,50)51/h23-37,46-47H,11-22H2,1-10H3,(H,41,48)(H,42,49)/t23-,24-,25?,26?,27?,28+,29+,30?,31?,32-,33-,34-,35+,36-,37?/m0/s1. The third kappa shape index (κ3) is 9.65. The van der Waals surface area contributed by atoms with Crippen molar-refractivity contribution in [2.24, 2.45) is 52.8 Å². The predicted octanol–water partition coefficient (Wildman–Crippen LogP) is 2.02. The van der Waals surface area contributed by atoms with Gasteiger partial charge in [0.1, 0.15) is 22.0 Å². The van der Waals surface area contributed by atoms with Crippen LogP contribution in [0.3, 0.4) is 0 Å².